The second-order valence-corrected chi connectivity index (χ2v) is 7.94. The van der Waals surface area contributed by atoms with Crippen molar-refractivity contribution in [3.63, 3.8) is 0 Å². The highest BCUT2D eigenvalue weighted by molar-refractivity contribution is 6.31. The predicted octanol–water partition coefficient (Wildman–Crippen LogP) is 5.28. The molecule has 1 unspecified atom stereocenters. The number of piperazine rings is 1. The van der Waals surface area contributed by atoms with Gasteiger partial charge in [-0.2, -0.15) is 0 Å². The fourth-order valence-electron chi connectivity index (χ4n) is 3.52. The number of amides is 1. The average Bonchev–Trinajstić information content (AvgIpc) is 2.63. The summed E-state index contributed by atoms with van der Waals surface area (Å²) >= 11 is 11.9. The summed E-state index contributed by atoms with van der Waals surface area (Å²) in [5.41, 5.74) is 2.82. The van der Waals surface area contributed by atoms with Crippen molar-refractivity contribution in [2.24, 2.45) is 0 Å². The average molecular weight is 409 g/mol. The Morgan fingerprint density at radius 1 is 1.07 bits per heavy atom. The molecular weight excluding hydrogens is 386 g/mol. The van der Waals surface area contributed by atoms with Gasteiger partial charge in [-0.25, -0.2) is 4.39 Å². The monoisotopic (exact) mass is 408 g/mol. The second-order valence-electron chi connectivity index (χ2n) is 7.07. The van der Waals surface area contributed by atoms with Crippen molar-refractivity contribution in [3.05, 3.63) is 63.4 Å². The van der Waals surface area contributed by atoms with Crippen LogP contribution in [-0.4, -0.2) is 37.0 Å². The number of carbonyl (C=O) groups is 1. The molecule has 27 heavy (non-hydrogen) atoms. The highest BCUT2D eigenvalue weighted by atomic mass is 35.5. The zero-order valence-corrected chi connectivity index (χ0v) is 17.0. The van der Waals surface area contributed by atoms with Crippen LogP contribution in [0.3, 0.4) is 0 Å². The minimum absolute atomic E-state index is 0.0549. The van der Waals surface area contributed by atoms with Crippen molar-refractivity contribution in [2.75, 3.05) is 31.1 Å². The van der Waals surface area contributed by atoms with Crippen LogP contribution in [0.1, 0.15) is 30.4 Å². The van der Waals surface area contributed by atoms with Gasteiger partial charge in [-0.15, -0.1) is 0 Å². The van der Waals surface area contributed by atoms with Crippen molar-refractivity contribution in [1.29, 1.82) is 0 Å². The Balaban J connectivity index is 1.59. The first kappa shape index (κ1) is 20.0. The SMILES string of the molecule is Cc1ccc(Cl)cc1N1CCN(C(=O)CC(C)c2ccc(Cl)cc2F)CC1. The minimum atomic E-state index is -0.357. The molecule has 0 aliphatic carbocycles. The Labute approximate surface area is 169 Å². The Morgan fingerprint density at radius 2 is 1.70 bits per heavy atom. The van der Waals surface area contributed by atoms with Crippen molar-refractivity contribution in [2.45, 2.75) is 26.2 Å². The molecule has 2 aromatic carbocycles. The van der Waals surface area contributed by atoms with Gasteiger partial charge in [0.25, 0.3) is 0 Å². The van der Waals surface area contributed by atoms with Gasteiger partial charge in [0.1, 0.15) is 5.82 Å². The van der Waals surface area contributed by atoms with Crippen LogP contribution in [0.4, 0.5) is 10.1 Å². The first-order chi connectivity index (χ1) is 12.8. The summed E-state index contributed by atoms with van der Waals surface area (Å²) < 4.78 is 14.1. The lowest BCUT2D eigenvalue weighted by Gasteiger charge is -2.37. The van der Waals surface area contributed by atoms with Crippen LogP contribution in [0.5, 0.6) is 0 Å². The zero-order chi connectivity index (χ0) is 19.6. The lowest BCUT2D eigenvalue weighted by Crippen LogP contribution is -2.49. The van der Waals surface area contributed by atoms with Crippen LogP contribution in [0, 0.1) is 12.7 Å². The minimum Gasteiger partial charge on any atom is -0.368 e. The lowest BCUT2D eigenvalue weighted by atomic mass is 9.96. The van der Waals surface area contributed by atoms with E-state index in [4.69, 9.17) is 23.2 Å². The summed E-state index contributed by atoms with van der Waals surface area (Å²) in [6.45, 7) is 6.76. The van der Waals surface area contributed by atoms with Gasteiger partial charge in [0, 0.05) is 48.3 Å². The highest BCUT2D eigenvalue weighted by Gasteiger charge is 2.24. The summed E-state index contributed by atoms with van der Waals surface area (Å²) in [6, 6.07) is 10.5. The van der Waals surface area contributed by atoms with E-state index in [1.807, 2.05) is 30.0 Å². The van der Waals surface area contributed by atoms with E-state index >= 15 is 0 Å². The van der Waals surface area contributed by atoms with E-state index in [-0.39, 0.29) is 24.1 Å². The van der Waals surface area contributed by atoms with E-state index in [2.05, 4.69) is 11.8 Å². The third kappa shape index (κ3) is 4.74. The molecular formula is C21H23Cl2FN2O. The molecule has 0 N–H and O–H groups in total. The molecule has 0 bridgehead atoms. The molecule has 1 aliphatic rings. The Bertz CT molecular complexity index is 835. The van der Waals surface area contributed by atoms with E-state index in [0.29, 0.717) is 28.7 Å². The maximum Gasteiger partial charge on any atom is 0.223 e. The van der Waals surface area contributed by atoms with Gasteiger partial charge < -0.3 is 9.80 Å². The van der Waals surface area contributed by atoms with Gasteiger partial charge >= 0.3 is 0 Å². The molecule has 1 amide bonds. The molecule has 144 valence electrons. The second kappa shape index (κ2) is 8.49. The van der Waals surface area contributed by atoms with Gasteiger partial charge in [0.15, 0.2) is 0 Å². The standard InChI is InChI=1S/C21H23Cl2FN2O/c1-14-3-4-17(23)13-20(14)25-7-9-26(10-8-25)21(27)11-15(2)18-6-5-16(22)12-19(18)24/h3-6,12-13,15H,7-11H2,1-2H3. The van der Waals surface area contributed by atoms with Crippen molar-refractivity contribution in [3.8, 4) is 0 Å². The molecule has 1 atom stereocenters. The van der Waals surface area contributed by atoms with Crippen LogP contribution in [0.15, 0.2) is 36.4 Å². The smallest absolute Gasteiger partial charge is 0.223 e. The number of nitrogens with zero attached hydrogens (tertiary/aromatic N) is 2. The Kier molecular flexibility index (Phi) is 6.28. The normalized spacial score (nSPS) is 15.7. The molecule has 1 heterocycles. The fraction of sp³-hybridized carbons (Fsp3) is 0.381. The number of hydrogen-bond donors (Lipinski definition) is 0. The van der Waals surface area contributed by atoms with Gasteiger partial charge in [-0.3, -0.25) is 4.79 Å². The topological polar surface area (TPSA) is 23.6 Å². The van der Waals surface area contributed by atoms with E-state index < -0.39 is 0 Å². The number of aryl methyl sites for hydroxylation is 1. The molecule has 3 nitrogen and oxygen atoms in total. The van der Waals surface area contributed by atoms with E-state index in [1.165, 1.54) is 11.6 Å². The molecule has 6 heteroatoms. The summed E-state index contributed by atoms with van der Waals surface area (Å²) in [5.74, 6) is -0.494. The van der Waals surface area contributed by atoms with Crippen molar-refractivity contribution < 1.29 is 9.18 Å². The molecule has 0 saturated carbocycles. The third-order valence-electron chi connectivity index (χ3n) is 5.12. The molecule has 3 rings (SSSR count). The summed E-state index contributed by atoms with van der Waals surface area (Å²) in [4.78, 5) is 16.8. The number of benzene rings is 2. The van der Waals surface area contributed by atoms with E-state index in [1.54, 1.807) is 12.1 Å². The quantitative estimate of drug-likeness (QED) is 0.686. The summed E-state index contributed by atoms with van der Waals surface area (Å²) in [5, 5.41) is 1.08. The number of rotatable bonds is 4. The van der Waals surface area contributed by atoms with Crippen LogP contribution in [0.2, 0.25) is 10.0 Å². The van der Waals surface area contributed by atoms with Crippen molar-refractivity contribution >= 4 is 34.8 Å². The molecule has 0 aromatic heterocycles. The number of carbonyl (C=O) groups excluding carboxylic acids is 1. The van der Waals surface area contributed by atoms with Crippen LogP contribution in [0.25, 0.3) is 0 Å². The molecule has 2 aromatic rings. The van der Waals surface area contributed by atoms with Crippen LogP contribution < -0.4 is 4.90 Å². The van der Waals surface area contributed by atoms with Gasteiger partial charge in [-0.1, -0.05) is 42.3 Å². The fourth-order valence-corrected chi connectivity index (χ4v) is 3.85. The van der Waals surface area contributed by atoms with Crippen molar-refractivity contribution in [1.82, 2.24) is 4.90 Å². The molecule has 0 radical (unpaired) electrons. The first-order valence-electron chi connectivity index (χ1n) is 9.09. The molecule has 0 spiro atoms. The van der Waals surface area contributed by atoms with E-state index in [0.717, 1.165) is 18.8 Å². The maximum atomic E-state index is 14.1. The van der Waals surface area contributed by atoms with Gasteiger partial charge in [0.2, 0.25) is 5.91 Å². The predicted molar refractivity (Wildman–Crippen MR) is 109 cm³/mol. The Hall–Kier alpha value is -1.78. The highest BCUT2D eigenvalue weighted by Crippen LogP contribution is 2.27. The van der Waals surface area contributed by atoms with Gasteiger partial charge in [-0.05, 0) is 48.2 Å². The summed E-state index contributed by atoms with van der Waals surface area (Å²) in [6.07, 6.45) is 0.286. The maximum absolute atomic E-state index is 14.1. The summed E-state index contributed by atoms with van der Waals surface area (Å²) in [7, 11) is 0. The number of anilines is 1. The number of hydrogen-bond acceptors (Lipinski definition) is 2. The van der Waals surface area contributed by atoms with Crippen LogP contribution in [-0.2, 0) is 4.79 Å². The first-order valence-corrected chi connectivity index (χ1v) is 9.84. The zero-order valence-electron chi connectivity index (χ0n) is 15.5. The Morgan fingerprint density at radius 3 is 2.37 bits per heavy atom. The third-order valence-corrected chi connectivity index (χ3v) is 5.59. The number of halogens is 3. The molecule has 1 fully saturated rings. The molecule has 1 aliphatic heterocycles. The van der Waals surface area contributed by atoms with Gasteiger partial charge in [0.05, 0.1) is 0 Å². The lowest BCUT2D eigenvalue weighted by molar-refractivity contribution is -0.131. The molecule has 1 saturated heterocycles. The van der Waals surface area contributed by atoms with E-state index in [9.17, 15) is 9.18 Å². The largest absolute Gasteiger partial charge is 0.368 e. The van der Waals surface area contributed by atoms with Crippen LogP contribution >= 0.6 is 23.2 Å².